The highest BCUT2D eigenvalue weighted by Gasteiger charge is 2.34. The Morgan fingerprint density at radius 1 is 0.889 bits per heavy atom. The van der Waals surface area contributed by atoms with Gasteiger partial charge in [-0.1, -0.05) is 12.1 Å². The smallest absolute Gasteiger partial charge is 0.228 e. The highest BCUT2D eigenvalue weighted by atomic mass is 16.5. The average Bonchev–Trinajstić information content (AvgIpc) is 3.36. The van der Waals surface area contributed by atoms with Crippen molar-refractivity contribution >= 4 is 5.65 Å². The predicted octanol–water partition coefficient (Wildman–Crippen LogP) is 4.81. The van der Waals surface area contributed by atoms with Gasteiger partial charge in [0.1, 0.15) is 23.6 Å². The Morgan fingerprint density at radius 2 is 1.69 bits per heavy atom. The molecule has 3 aromatic carbocycles. The summed E-state index contributed by atoms with van der Waals surface area (Å²) in [5, 5.41) is 14.8. The maximum Gasteiger partial charge on any atom is 0.228 e. The lowest BCUT2D eigenvalue weighted by atomic mass is 9.83. The largest absolute Gasteiger partial charge is 0.508 e. The molecule has 1 aliphatic heterocycles. The maximum absolute atomic E-state index is 10.1. The fraction of sp³-hybridized carbons (Fsp3) is 0.148. The van der Waals surface area contributed by atoms with Crippen LogP contribution in [0.2, 0.25) is 0 Å². The topological polar surface area (TPSA) is 100 Å². The van der Waals surface area contributed by atoms with Gasteiger partial charge in [-0.05, 0) is 48.0 Å². The average molecular weight is 482 g/mol. The van der Waals surface area contributed by atoms with Gasteiger partial charge in [-0.3, -0.25) is 0 Å². The molecular formula is C27H22N4O5. The number of nitrogens with zero attached hydrogens (tertiary/aromatic N) is 4. The van der Waals surface area contributed by atoms with Crippen LogP contribution in [0, 0.1) is 0 Å². The molecule has 0 bridgehead atoms. The van der Waals surface area contributed by atoms with E-state index in [1.54, 1.807) is 44.3 Å². The molecule has 0 saturated carbocycles. The predicted molar refractivity (Wildman–Crippen MR) is 131 cm³/mol. The molecule has 180 valence electrons. The number of hydrogen-bond acceptors (Lipinski definition) is 8. The Kier molecular flexibility index (Phi) is 5.10. The second-order valence-electron chi connectivity index (χ2n) is 8.27. The third kappa shape index (κ3) is 3.44. The minimum absolute atomic E-state index is 0.105. The molecule has 1 aliphatic rings. The van der Waals surface area contributed by atoms with Crippen molar-refractivity contribution in [3.8, 4) is 46.0 Å². The third-order valence-electron chi connectivity index (χ3n) is 6.28. The number of benzene rings is 3. The zero-order valence-electron chi connectivity index (χ0n) is 19.8. The first kappa shape index (κ1) is 21.7. The first-order valence-corrected chi connectivity index (χ1v) is 11.2. The zero-order chi connectivity index (χ0) is 24.8. The SMILES string of the molecule is COc1ccc(-c2nc3c4c(ncn3n2)Oc2cc(O)ccc2C4c2ccc(OC)c(OC)c2)cc1. The van der Waals surface area contributed by atoms with Gasteiger partial charge < -0.3 is 24.1 Å². The lowest BCUT2D eigenvalue weighted by Gasteiger charge is -2.28. The van der Waals surface area contributed by atoms with E-state index in [0.29, 0.717) is 34.6 Å². The maximum atomic E-state index is 10.1. The molecule has 1 unspecified atom stereocenters. The third-order valence-corrected chi connectivity index (χ3v) is 6.28. The van der Waals surface area contributed by atoms with E-state index in [4.69, 9.17) is 23.9 Å². The first-order valence-electron chi connectivity index (χ1n) is 11.2. The number of phenolic OH excluding ortho intramolecular Hbond substituents is 1. The number of fused-ring (bicyclic) bond motifs is 4. The van der Waals surface area contributed by atoms with Crippen molar-refractivity contribution in [3.63, 3.8) is 0 Å². The number of hydrogen-bond donors (Lipinski definition) is 1. The molecule has 3 heterocycles. The van der Waals surface area contributed by atoms with Crippen LogP contribution < -0.4 is 18.9 Å². The summed E-state index contributed by atoms with van der Waals surface area (Å²) in [4.78, 5) is 9.42. The van der Waals surface area contributed by atoms with E-state index in [1.807, 2.05) is 48.5 Å². The summed E-state index contributed by atoms with van der Waals surface area (Å²) in [6, 6.07) is 18.4. The van der Waals surface area contributed by atoms with Gasteiger partial charge in [-0.15, -0.1) is 5.10 Å². The first-order chi connectivity index (χ1) is 17.6. The van der Waals surface area contributed by atoms with Crippen molar-refractivity contribution in [2.24, 2.45) is 0 Å². The van der Waals surface area contributed by atoms with Crippen molar-refractivity contribution in [1.82, 2.24) is 19.6 Å². The van der Waals surface area contributed by atoms with Crippen LogP contribution in [-0.2, 0) is 0 Å². The molecule has 5 aromatic rings. The molecule has 0 spiro atoms. The molecule has 1 N–H and O–H groups in total. The van der Waals surface area contributed by atoms with Crippen molar-refractivity contribution in [2.45, 2.75) is 5.92 Å². The van der Waals surface area contributed by atoms with Crippen LogP contribution in [0.3, 0.4) is 0 Å². The van der Waals surface area contributed by atoms with Crippen molar-refractivity contribution < 1.29 is 24.1 Å². The molecule has 36 heavy (non-hydrogen) atoms. The van der Waals surface area contributed by atoms with E-state index in [0.717, 1.165) is 28.0 Å². The Bertz CT molecular complexity index is 1600. The molecule has 6 rings (SSSR count). The fourth-order valence-electron chi connectivity index (χ4n) is 4.54. The molecule has 0 amide bonds. The van der Waals surface area contributed by atoms with E-state index < -0.39 is 0 Å². The van der Waals surface area contributed by atoms with E-state index in [9.17, 15) is 5.11 Å². The summed E-state index contributed by atoms with van der Waals surface area (Å²) < 4.78 is 24.1. The quantitative estimate of drug-likeness (QED) is 0.374. The normalized spacial score (nSPS) is 14.0. The van der Waals surface area contributed by atoms with E-state index in [2.05, 4.69) is 10.1 Å². The van der Waals surface area contributed by atoms with Gasteiger partial charge in [0.15, 0.2) is 23.0 Å². The number of aromatic nitrogens is 4. The molecule has 9 nitrogen and oxygen atoms in total. The summed E-state index contributed by atoms with van der Waals surface area (Å²) in [5.41, 5.74) is 4.00. The van der Waals surface area contributed by atoms with E-state index in [-0.39, 0.29) is 11.7 Å². The molecule has 0 fully saturated rings. The van der Waals surface area contributed by atoms with Crippen LogP contribution in [-0.4, -0.2) is 46.0 Å². The van der Waals surface area contributed by atoms with E-state index >= 15 is 0 Å². The van der Waals surface area contributed by atoms with Gasteiger partial charge in [-0.25, -0.2) is 14.5 Å². The van der Waals surface area contributed by atoms with Gasteiger partial charge in [0.05, 0.1) is 26.9 Å². The van der Waals surface area contributed by atoms with Gasteiger partial charge in [0, 0.05) is 23.1 Å². The molecule has 0 radical (unpaired) electrons. The molecule has 9 heteroatoms. The van der Waals surface area contributed by atoms with Crippen LogP contribution in [0.4, 0.5) is 0 Å². The highest BCUT2D eigenvalue weighted by molar-refractivity contribution is 5.69. The summed E-state index contributed by atoms with van der Waals surface area (Å²) in [6.07, 6.45) is 1.58. The molecule has 0 saturated heterocycles. The second-order valence-corrected chi connectivity index (χ2v) is 8.27. The second kappa shape index (κ2) is 8.46. The van der Waals surface area contributed by atoms with Crippen LogP contribution in [0.1, 0.15) is 22.6 Å². The van der Waals surface area contributed by atoms with Crippen molar-refractivity contribution in [1.29, 1.82) is 0 Å². The monoisotopic (exact) mass is 482 g/mol. The van der Waals surface area contributed by atoms with Gasteiger partial charge in [0.2, 0.25) is 5.88 Å². The van der Waals surface area contributed by atoms with Crippen molar-refractivity contribution in [3.05, 3.63) is 83.7 Å². The number of phenols is 1. The minimum Gasteiger partial charge on any atom is -0.508 e. The van der Waals surface area contributed by atoms with E-state index in [1.165, 1.54) is 0 Å². The van der Waals surface area contributed by atoms with Crippen LogP contribution in [0.25, 0.3) is 17.0 Å². The summed E-state index contributed by atoms with van der Waals surface area (Å²) >= 11 is 0. The van der Waals surface area contributed by atoms with Crippen LogP contribution >= 0.6 is 0 Å². The number of methoxy groups -OCH3 is 3. The van der Waals surface area contributed by atoms with Crippen LogP contribution in [0.15, 0.2) is 67.0 Å². The fourth-order valence-corrected chi connectivity index (χ4v) is 4.54. The molecular weight excluding hydrogens is 460 g/mol. The molecule has 2 aromatic heterocycles. The number of rotatable bonds is 5. The Hall–Kier alpha value is -4.79. The Labute approximate surface area is 206 Å². The standard InChI is InChI=1S/C27H22N4O5/c1-33-18-8-4-15(5-9-18)25-29-26-24-23(16-6-11-20(34-2)22(12-16)35-3)19-10-7-17(32)13-21(19)36-27(24)28-14-31(26)30-25/h4-14,23,32H,1-3H3. The highest BCUT2D eigenvalue weighted by Crippen LogP contribution is 2.49. The van der Waals surface area contributed by atoms with Gasteiger partial charge >= 0.3 is 0 Å². The lowest BCUT2D eigenvalue weighted by molar-refractivity contribution is 0.354. The summed E-state index contributed by atoms with van der Waals surface area (Å²) in [7, 11) is 4.83. The Morgan fingerprint density at radius 3 is 2.44 bits per heavy atom. The molecule has 0 aliphatic carbocycles. The lowest BCUT2D eigenvalue weighted by Crippen LogP contribution is -2.15. The minimum atomic E-state index is -0.312. The van der Waals surface area contributed by atoms with Gasteiger partial charge in [-0.2, -0.15) is 0 Å². The summed E-state index contributed by atoms with van der Waals surface area (Å²) in [6.45, 7) is 0. The van der Waals surface area contributed by atoms with Gasteiger partial charge in [0.25, 0.3) is 0 Å². The number of aromatic hydroxyl groups is 1. The number of ether oxygens (including phenoxy) is 4. The summed E-state index contributed by atoms with van der Waals surface area (Å²) in [5.74, 6) is 3.24. The van der Waals surface area contributed by atoms with Crippen molar-refractivity contribution in [2.75, 3.05) is 21.3 Å². The Balaban J connectivity index is 1.57. The zero-order valence-corrected chi connectivity index (χ0v) is 19.8. The van der Waals surface area contributed by atoms with Crippen LogP contribution in [0.5, 0.6) is 34.6 Å². The molecule has 1 atom stereocenters.